The molecule has 0 aliphatic heterocycles. The van der Waals surface area contributed by atoms with E-state index in [1.165, 1.54) is 31.2 Å². The summed E-state index contributed by atoms with van der Waals surface area (Å²) in [5, 5.41) is 20.5. The molecule has 1 N–H and O–H groups in total. The summed E-state index contributed by atoms with van der Waals surface area (Å²) in [7, 11) is 0. The minimum absolute atomic E-state index is 0.0575. The van der Waals surface area contributed by atoms with Crippen molar-refractivity contribution >= 4 is 17.3 Å². The van der Waals surface area contributed by atoms with Crippen molar-refractivity contribution < 1.29 is 19.2 Å². The molecule has 2 aromatic carbocycles. The summed E-state index contributed by atoms with van der Waals surface area (Å²) in [4.78, 5) is 10.1. The monoisotopic (exact) mass is 311 g/mol. The van der Waals surface area contributed by atoms with Gasteiger partial charge in [0.2, 0.25) is 0 Å². The van der Waals surface area contributed by atoms with Crippen molar-refractivity contribution in [3.8, 4) is 11.5 Å². The first-order valence-electron chi connectivity index (χ1n) is 5.98. The third kappa shape index (κ3) is 3.29. The maximum absolute atomic E-state index is 13.9. The van der Waals surface area contributed by atoms with Gasteiger partial charge in [0.25, 0.3) is 5.69 Å². The summed E-state index contributed by atoms with van der Waals surface area (Å²) in [6.45, 7) is 1.46. The Balaban J connectivity index is 2.47. The summed E-state index contributed by atoms with van der Waals surface area (Å²) in [6.07, 6.45) is -0.965. The second kappa shape index (κ2) is 6.07. The molecule has 0 unspecified atom stereocenters. The van der Waals surface area contributed by atoms with Crippen molar-refractivity contribution in [2.45, 2.75) is 13.0 Å². The van der Waals surface area contributed by atoms with E-state index < -0.39 is 16.8 Å². The van der Waals surface area contributed by atoms with Crippen LogP contribution < -0.4 is 4.74 Å². The number of nitro benzene ring substituents is 1. The van der Waals surface area contributed by atoms with E-state index in [1.807, 2.05) is 0 Å². The van der Waals surface area contributed by atoms with Crippen LogP contribution in [0.25, 0.3) is 0 Å². The van der Waals surface area contributed by atoms with Gasteiger partial charge in [0.05, 0.1) is 22.1 Å². The van der Waals surface area contributed by atoms with Gasteiger partial charge in [0.15, 0.2) is 17.3 Å². The van der Waals surface area contributed by atoms with Gasteiger partial charge in [-0.2, -0.15) is 0 Å². The van der Waals surface area contributed by atoms with Crippen LogP contribution in [-0.2, 0) is 0 Å². The molecule has 5 nitrogen and oxygen atoms in total. The predicted molar refractivity (Wildman–Crippen MR) is 75.2 cm³/mol. The van der Waals surface area contributed by atoms with Crippen LogP contribution in [0.15, 0.2) is 36.4 Å². The molecular weight excluding hydrogens is 301 g/mol. The smallest absolute Gasteiger partial charge is 0.273 e. The Kier molecular flexibility index (Phi) is 4.40. The number of benzene rings is 2. The summed E-state index contributed by atoms with van der Waals surface area (Å²) < 4.78 is 19.2. The number of aliphatic hydroxyl groups excluding tert-OH is 1. The highest BCUT2D eigenvalue weighted by atomic mass is 35.5. The zero-order valence-electron chi connectivity index (χ0n) is 10.9. The van der Waals surface area contributed by atoms with Gasteiger partial charge < -0.3 is 9.84 Å². The van der Waals surface area contributed by atoms with Crippen LogP contribution in [0.5, 0.6) is 11.5 Å². The average molecular weight is 312 g/mol. The molecule has 0 saturated carbocycles. The van der Waals surface area contributed by atoms with Gasteiger partial charge >= 0.3 is 0 Å². The maximum Gasteiger partial charge on any atom is 0.273 e. The largest absolute Gasteiger partial charge is 0.452 e. The molecular formula is C14H11ClFNO4. The quantitative estimate of drug-likeness (QED) is 0.677. The Morgan fingerprint density at radius 3 is 2.71 bits per heavy atom. The number of hydrogen-bond donors (Lipinski definition) is 1. The third-order valence-corrected chi connectivity index (χ3v) is 3.10. The summed E-state index contributed by atoms with van der Waals surface area (Å²) >= 11 is 5.90. The summed E-state index contributed by atoms with van der Waals surface area (Å²) in [6, 6.07) is 7.69. The number of hydrogen-bond acceptors (Lipinski definition) is 4. The molecule has 0 fully saturated rings. The number of ether oxygens (including phenoxy) is 1. The number of rotatable bonds is 4. The Morgan fingerprint density at radius 1 is 1.38 bits per heavy atom. The van der Waals surface area contributed by atoms with Gasteiger partial charge in [0.1, 0.15) is 0 Å². The normalized spacial score (nSPS) is 12.0. The fourth-order valence-corrected chi connectivity index (χ4v) is 1.91. The Morgan fingerprint density at radius 2 is 2.10 bits per heavy atom. The molecule has 21 heavy (non-hydrogen) atoms. The summed E-state index contributed by atoms with van der Waals surface area (Å²) in [5.74, 6) is -0.969. The molecule has 0 bridgehead atoms. The standard InChI is InChI=1S/C14H11ClFNO4/c1-8(18)10-3-2-4-12(16)14(10)21-13-7-9(17(19)20)5-6-11(13)15/h2-8,18H,1H3/t8-/m0/s1. The summed E-state index contributed by atoms with van der Waals surface area (Å²) in [5.41, 5.74) is -0.0121. The van der Waals surface area contributed by atoms with Gasteiger partial charge in [-0.15, -0.1) is 0 Å². The van der Waals surface area contributed by atoms with E-state index in [9.17, 15) is 19.6 Å². The highest BCUT2D eigenvalue weighted by Crippen LogP contribution is 2.37. The average Bonchev–Trinajstić information content (AvgIpc) is 2.42. The van der Waals surface area contributed by atoms with E-state index in [1.54, 1.807) is 0 Å². The molecule has 2 rings (SSSR count). The van der Waals surface area contributed by atoms with Gasteiger partial charge in [-0.05, 0) is 19.1 Å². The van der Waals surface area contributed by atoms with Crippen molar-refractivity contribution in [3.05, 3.63) is 62.9 Å². The number of halogens is 2. The lowest BCUT2D eigenvalue weighted by molar-refractivity contribution is -0.384. The van der Waals surface area contributed by atoms with Crippen LogP contribution in [0.4, 0.5) is 10.1 Å². The maximum atomic E-state index is 13.9. The molecule has 0 saturated heterocycles. The minimum Gasteiger partial charge on any atom is -0.452 e. The highest BCUT2D eigenvalue weighted by Gasteiger charge is 2.18. The molecule has 7 heteroatoms. The molecule has 0 aromatic heterocycles. The van der Waals surface area contributed by atoms with E-state index in [0.29, 0.717) is 0 Å². The van der Waals surface area contributed by atoms with Crippen LogP contribution in [0.1, 0.15) is 18.6 Å². The molecule has 0 aliphatic rings. The first-order chi connectivity index (χ1) is 9.90. The van der Waals surface area contributed by atoms with Crippen molar-refractivity contribution in [3.63, 3.8) is 0 Å². The molecule has 1 atom stereocenters. The lowest BCUT2D eigenvalue weighted by atomic mass is 10.1. The molecule has 0 amide bonds. The van der Waals surface area contributed by atoms with E-state index in [0.717, 1.165) is 12.1 Å². The molecule has 2 aromatic rings. The topological polar surface area (TPSA) is 72.6 Å². The Hall–Kier alpha value is -2.18. The number of non-ortho nitro benzene ring substituents is 1. The zero-order chi connectivity index (χ0) is 15.6. The van der Waals surface area contributed by atoms with Gasteiger partial charge in [-0.3, -0.25) is 10.1 Å². The van der Waals surface area contributed by atoms with Crippen LogP contribution in [0, 0.1) is 15.9 Å². The van der Waals surface area contributed by atoms with E-state index in [4.69, 9.17) is 16.3 Å². The molecule has 0 aliphatic carbocycles. The second-order valence-electron chi connectivity index (χ2n) is 4.31. The first kappa shape index (κ1) is 15.2. The molecule has 0 radical (unpaired) electrons. The van der Waals surface area contributed by atoms with Gasteiger partial charge in [0, 0.05) is 11.6 Å². The van der Waals surface area contributed by atoms with Crippen LogP contribution >= 0.6 is 11.6 Å². The zero-order valence-corrected chi connectivity index (χ0v) is 11.7. The van der Waals surface area contributed by atoms with E-state index >= 15 is 0 Å². The lowest BCUT2D eigenvalue weighted by Gasteiger charge is -2.14. The number of aliphatic hydroxyl groups is 1. The fourth-order valence-electron chi connectivity index (χ4n) is 1.76. The molecule has 0 heterocycles. The molecule has 110 valence electrons. The van der Waals surface area contributed by atoms with E-state index in [2.05, 4.69) is 0 Å². The van der Waals surface area contributed by atoms with Gasteiger partial charge in [-0.1, -0.05) is 23.7 Å². The van der Waals surface area contributed by atoms with E-state index in [-0.39, 0.29) is 27.8 Å². The second-order valence-corrected chi connectivity index (χ2v) is 4.72. The first-order valence-corrected chi connectivity index (χ1v) is 6.36. The van der Waals surface area contributed by atoms with Gasteiger partial charge in [-0.25, -0.2) is 4.39 Å². The minimum atomic E-state index is -0.965. The predicted octanol–water partition coefficient (Wildman–Crippen LogP) is 4.23. The highest BCUT2D eigenvalue weighted by molar-refractivity contribution is 6.32. The third-order valence-electron chi connectivity index (χ3n) is 2.79. The van der Waals surface area contributed by atoms with Crippen LogP contribution in [-0.4, -0.2) is 10.0 Å². The van der Waals surface area contributed by atoms with Crippen molar-refractivity contribution in [2.24, 2.45) is 0 Å². The lowest BCUT2D eigenvalue weighted by Crippen LogP contribution is -1.99. The fraction of sp³-hybridized carbons (Fsp3) is 0.143. The van der Waals surface area contributed by atoms with Crippen molar-refractivity contribution in [1.82, 2.24) is 0 Å². The Bertz CT molecular complexity index is 691. The van der Waals surface area contributed by atoms with Crippen LogP contribution in [0.2, 0.25) is 5.02 Å². The van der Waals surface area contributed by atoms with Crippen LogP contribution in [0.3, 0.4) is 0 Å². The Labute approximate surface area is 124 Å². The number of para-hydroxylation sites is 1. The van der Waals surface area contributed by atoms with Crippen molar-refractivity contribution in [2.75, 3.05) is 0 Å². The molecule has 0 spiro atoms. The SMILES string of the molecule is C[C@H](O)c1cccc(F)c1Oc1cc([N+](=O)[O-])ccc1Cl. The number of nitrogens with zero attached hydrogens (tertiary/aromatic N) is 1. The number of nitro groups is 1. The van der Waals surface area contributed by atoms with Crippen molar-refractivity contribution in [1.29, 1.82) is 0 Å².